The van der Waals surface area contributed by atoms with E-state index in [-0.39, 0.29) is 11.3 Å². The molecule has 0 fully saturated rings. The second-order valence-corrected chi connectivity index (χ2v) is 3.53. The maximum atomic E-state index is 13.5. The van der Waals surface area contributed by atoms with Crippen LogP contribution in [0.4, 0.5) is 15.8 Å². The standard InChI is InChI=1S/C11H10FN3O2/c1-15-6-8(5-13-15)14-10-3-2-7(11(16)17)4-9(10)12/h2-6,14H,1H3,(H,16,17). The SMILES string of the molecule is Cn1cc(Nc2ccc(C(=O)O)cc2F)cn1. The molecule has 0 aliphatic rings. The van der Waals surface area contributed by atoms with Gasteiger partial charge in [-0.15, -0.1) is 0 Å². The summed E-state index contributed by atoms with van der Waals surface area (Å²) >= 11 is 0. The van der Waals surface area contributed by atoms with E-state index in [9.17, 15) is 9.18 Å². The fourth-order valence-corrected chi connectivity index (χ4v) is 1.39. The Labute approximate surface area is 96.5 Å². The predicted molar refractivity (Wildman–Crippen MR) is 59.9 cm³/mol. The fourth-order valence-electron chi connectivity index (χ4n) is 1.39. The first-order chi connectivity index (χ1) is 8.06. The van der Waals surface area contributed by atoms with Gasteiger partial charge in [0.2, 0.25) is 0 Å². The van der Waals surface area contributed by atoms with Gasteiger partial charge < -0.3 is 10.4 Å². The first-order valence-electron chi connectivity index (χ1n) is 4.85. The molecule has 0 amide bonds. The third-order valence-electron chi connectivity index (χ3n) is 2.20. The first-order valence-corrected chi connectivity index (χ1v) is 4.85. The van der Waals surface area contributed by atoms with Gasteiger partial charge in [0, 0.05) is 13.2 Å². The summed E-state index contributed by atoms with van der Waals surface area (Å²) in [5, 5.41) is 15.4. The molecule has 0 atom stereocenters. The van der Waals surface area contributed by atoms with Crippen LogP contribution in [0.2, 0.25) is 0 Å². The number of nitrogens with zero attached hydrogens (tertiary/aromatic N) is 2. The monoisotopic (exact) mass is 235 g/mol. The number of aryl methyl sites for hydroxylation is 1. The highest BCUT2D eigenvalue weighted by atomic mass is 19.1. The van der Waals surface area contributed by atoms with Crippen LogP contribution in [0.3, 0.4) is 0 Å². The van der Waals surface area contributed by atoms with E-state index in [2.05, 4.69) is 10.4 Å². The lowest BCUT2D eigenvalue weighted by molar-refractivity contribution is 0.0696. The third-order valence-corrected chi connectivity index (χ3v) is 2.20. The molecule has 0 spiro atoms. The number of anilines is 2. The van der Waals surface area contributed by atoms with Crippen LogP contribution < -0.4 is 5.32 Å². The van der Waals surface area contributed by atoms with E-state index in [4.69, 9.17) is 5.11 Å². The Morgan fingerprint density at radius 3 is 2.82 bits per heavy atom. The minimum atomic E-state index is -1.16. The lowest BCUT2D eigenvalue weighted by Gasteiger charge is -2.05. The van der Waals surface area contributed by atoms with E-state index in [0.717, 1.165) is 6.07 Å². The molecule has 2 rings (SSSR count). The molecule has 17 heavy (non-hydrogen) atoms. The zero-order valence-electron chi connectivity index (χ0n) is 9.01. The largest absolute Gasteiger partial charge is 0.478 e. The summed E-state index contributed by atoms with van der Waals surface area (Å²) in [4.78, 5) is 10.6. The molecule has 2 aromatic rings. The average molecular weight is 235 g/mol. The second-order valence-electron chi connectivity index (χ2n) is 3.53. The van der Waals surface area contributed by atoms with Crippen molar-refractivity contribution < 1.29 is 14.3 Å². The Balaban J connectivity index is 2.25. The molecule has 0 radical (unpaired) electrons. The maximum absolute atomic E-state index is 13.5. The topological polar surface area (TPSA) is 67.2 Å². The molecule has 1 aromatic carbocycles. The van der Waals surface area contributed by atoms with Crippen molar-refractivity contribution in [2.24, 2.45) is 7.05 Å². The van der Waals surface area contributed by atoms with E-state index in [1.807, 2.05) is 0 Å². The number of carbonyl (C=O) groups is 1. The summed E-state index contributed by atoms with van der Waals surface area (Å²) in [6, 6.07) is 3.69. The highest BCUT2D eigenvalue weighted by molar-refractivity contribution is 5.88. The molecule has 1 aromatic heterocycles. The van der Waals surface area contributed by atoms with Crippen molar-refractivity contribution in [3.63, 3.8) is 0 Å². The van der Waals surface area contributed by atoms with Gasteiger partial charge in [-0.1, -0.05) is 0 Å². The molecular formula is C11H10FN3O2. The molecule has 0 aliphatic carbocycles. The minimum absolute atomic E-state index is 0.0840. The van der Waals surface area contributed by atoms with Crippen LogP contribution in [-0.2, 0) is 7.05 Å². The number of aromatic nitrogens is 2. The lowest BCUT2D eigenvalue weighted by Crippen LogP contribution is -1.99. The Morgan fingerprint density at radius 1 is 1.53 bits per heavy atom. The van der Waals surface area contributed by atoms with Crippen LogP contribution in [0, 0.1) is 5.82 Å². The van der Waals surface area contributed by atoms with Gasteiger partial charge in [0.15, 0.2) is 0 Å². The molecule has 5 nitrogen and oxygen atoms in total. The van der Waals surface area contributed by atoms with Gasteiger partial charge in [0.1, 0.15) is 5.82 Å². The number of carboxylic acid groups (broad SMARTS) is 1. The number of hydrogen-bond acceptors (Lipinski definition) is 3. The van der Waals surface area contributed by atoms with Crippen molar-refractivity contribution >= 4 is 17.3 Å². The summed E-state index contributed by atoms with van der Waals surface area (Å²) in [7, 11) is 1.75. The van der Waals surface area contributed by atoms with E-state index in [1.54, 1.807) is 24.1 Å². The van der Waals surface area contributed by atoms with Gasteiger partial charge in [-0.2, -0.15) is 5.10 Å². The molecule has 1 heterocycles. The quantitative estimate of drug-likeness (QED) is 0.853. The number of halogens is 1. The van der Waals surface area contributed by atoms with Crippen LogP contribution in [0.15, 0.2) is 30.6 Å². The van der Waals surface area contributed by atoms with Crippen LogP contribution in [-0.4, -0.2) is 20.9 Å². The van der Waals surface area contributed by atoms with Gasteiger partial charge in [0.05, 0.1) is 23.1 Å². The molecule has 0 bridgehead atoms. The summed E-state index contributed by atoms with van der Waals surface area (Å²) in [6.45, 7) is 0. The minimum Gasteiger partial charge on any atom is -0.478 e. The van der Waals surface area contributed by atoms with Crippen molar-refractivity contribution in [1.82, 2.24) is 9.78 Å². The van der Waals surface area contributed by atoms with Gasteiger partial charge in [-0.25, -0.2) is 9.18 Å². The predicted octanol–water partition coefficient (Wildman–Crippen LogP) is 2.00. The number of nitrogens with one attached hydrogen (secondary N) is 1. The Bertz CT molecular complexity index is 566. The third kappa shape index (κ3) is 2.41. The van der Waals surface area contributed by atoms with Gasteiger partial charge >= 0.3 is 5.97 Å². The van der Waals surface area contributed by atoms with Gasteiger partial charge in [0.25, 0.3) is 0 Å². The zero-order valence-corrected chi connectivity index (χ0v) is 9.01. The van der Waals surface area contributed by atoms with Crippen molar-refractivity contribution in [2.45, 2.75) is 0 Å². The van der Waals surface area contributed by atoms with Crippen molar-refractivity contribution in [3.05, 3.63) is 42.0 Å². The molecule has 0 saturated heterocycles. The van der Waals surface area contributed by atoms with Crippen LogP contribution in [0.25, 0.3) is 0 Å². The van der Waals surface area contributed by atoms with Crippen molar-refractivity contribution in [1.29, 1.82) is 0 Å². The normalized spacial score (nSPS) is 10.2. The molecule has 0 unspecified atom stereocenters. The van der Waals surface area contributed by atoms with Gasteiger partial charge in [-0.05, 0) is 18.2 Å². The smallest absolute Gasteiger partial charge is 0.335 e. The lowest BCUT2D eigenvalue weighted by atomic mass is 10.2. The molecule has 0 aliphatic heterocycles. The molecule has 88 valence electrons. The van der Waals surface area contributed by atoms with Crippen molar-refractivity contribution in [3.8, 4) is 0 Å². The summed E-state index contributed by atoms with van der Waals surface area (Å²) in [5.74, 6) is -1.77. The highest BCUT2D eigenvalue weighted by Gasteiger charge is 2.08. The number of aromatic carboxylic acids is 1. The summed E-state index contributed by atoms with van der Waals surface area (Å²) < 4.78 is 15.1. The molecule has 0 saturated carbocycles. The zero-order chi connectivity index (χ0) is 12.4. The maximum Gasteiger partial charge on any atom is 0.335 e. The molecule has 6 heteroatoms. The van der Waals surface area contributed by atoms with E-state index in [0.29, 0.717) is 5.69 Å². The van der Waals surface area contributed by atoms with Crippen LogP contribution in [0.1, 0.15) is 10.4 Å². The molecular weight excluding hydrogens is 225 g/mol. The average Bonchev–Trinajstić information content (AvgIpc) is 2.67. The van der Waals surface area contributed by atoms with E-state index < -0.39 is 11.8 Å². The van der Waals surface area contributed by atoms with Crippen molar-refractivity contribution in [2.75, 3.05) is 5.32 Å². The summed E-state index contributed by atoms with van der Waals surface area (Å²) in [5.41, 5.74) is 0.761. The number of hydrogen-bond donors (Lipinski definition) is 2. The molecule has 2 N–H and O–H groups in total. The first kappa shape index (κ1) is 11.1. The Kier molecular flexibility index (Phi) is 2.78. The highest BCUT2D eigenvalue weighted by Crippen LogP contribution is 2.20. The number of carboxylic acids is 1. The Morgan fingerprint density at radius 2 is 2.29 bits per heavy atom. The number of benzene rings is 1. The number of rotatable bonds is 3. The Hall–Kier alpha value is -2.37. The van der Waals surface area contributed by atoms with Crippen LogP contribution in [0.5, 0.6) is 0 Å². The van der Waals surface area contributed by atoms with E-state index >= 15 is 0 Å². The van der Waals surface area contributed by atoms with E-state index in [1.165, 1.54) is 12.1 Å². The summed E-state index contributed by atoms with van der Waals surface area (Å²) in [6.07, 6.45) is 3.23. The van der Waals surface area contributed by atoms with Crippen LogP contribution >= 0.6 is 0 Å². The second kappa shape index (κ2) is 4.25. The fraction of sp³-hybridized carbons (Fsp3) is 0.0909. The van der Waals surface area contributed by atoms with Gasteiger partial charge in [-0.3, -0.25) is 4.68 Å².